The molecule has 0 N–H and O–H groups in total. The number of aromatic nitrogens is 2. The third-order valence-electron chi connectivity index (χ3n) is 3.93. The first-order valence-corrected chi connectivity index (χ1v) is 8.78. The standard InChI is InChI=1S/C18H16N4OS/c23-17(13-24-18-19-12-15-8-4-5-10-21(15)18)22-11-9-16(20-22)14-6-2-1-3-7-14/h1-8,10,12H,9,11,13H2. The highest BCUT2D eigenvalue weighted by Crippen LogP contribution is 2.20. The molecule has 4 rings (SSSR count). The molecule has 1 aliphatic heterocycles. The van der Waals surface area contributed by atoms with Crippen LogP contribution in [0, 0.1) is 0 Å². The number of hydrogen-bond acceptors (Lipinski definition) is 4. The molecule has 0 spiro atoms. The van der Waals surface area contributed by atoms with Gasteiger partial charge >= 0.3 is 0 Å². The normalized spacial score (nSPS) is 14.2. The van der Waals surface area contributed by atoms with Crippen LogP contribution >= 0.6 is 11.8 Å². The average molecular weight is 336 g/mol. The first-order valence-electron chi connectivity index (χ1n) is 7.79. The van der Waals surface area contributed by atoms with Crippen molar-refractivity contribution in [1.82, 2.24) is 14.4 Å². The highest BCUT2D eigenvalue weighted by Gasteiger charge is 2.21. The number of thioether (sulfide) groups is 1. The predicted molar refractivity (Wildman–Crippen MR) is 95.2 cm³/mol. The van der Waals surface area contributed by atoms with Crippen LogP contribution in [0.4, 0.5) is 0 Å². The number of pyridine rings is 1. The van der Waals surface area contributed by atoms with E-state index in [1.807, 2.05) is 65.3 Å². The molecule has 1 amide bonds. The summed E-state index contributed by atoms with van der Waals surface area (Å²) in [5.41, 5.74) is 3.08. The molecule has 6 heteroatoms. The van der Waals surface area contributed by atoms with E-state index < -0.39 is 0 Å². The van der Waals surface area contributed by atoms with Gasteiger partial charge in [0.25, 0.3) is 5.91 Å². The molecule has 0 radical (unpaired) electrons. The first-order chi connectivity index (χ1) is 11.8. The maximum atomic E-state index is 12.4. The Morgan fingerprint density at radius 3 is 2.83 bits per heavy atom. The van der Waals surface area contributed by atoms with Crippen molar-refractivity contribution in [2.24, 2.45) is 5.10 Å². The van der Waals surface area contributed by atoms with Crippen molar-refractivity contribution in [1.29, 1.82) is 0 Å². The summed E-state index contributed by atoms with van der Waals surface area (Å²) in [4.78, 5) is 16.8. The Labute approximate surface area is 144 Å². The summed E-state index contributed by atoms with van der Waals surface area (Å²) in [5, 5.41) is 6.88. The van der Waals surface area contributed by atoms with E-state index in [4.69, 9.17) is 0 Å². The van der Waals surface area contributed by atoms with Crippen LogP contribution in [0.5, 0.6) is 0 Å². The minimum Gasteiger partial charge on any atom is -0.295 e. The Morgan fingerprint density at radius 2 is 1.96 bits per heavy atom. The van der Waals surface area contributed by atoms with Gasteiger partial charge < -0.3 is 0 Å². The lowest BCUT2D eigenvalue weighted by Gasteiger charge is -2.10. The summed E-state index contributed by atoms with van der Waals surface area (Å²) in [5.74, 6) is 0.346. The lowest BCUT2D eigenvalue weighted by molar-refractivity contribution is -0.127. The minimum absolute atomic E-state index is 0.0126. The van der Waals surface area contributed by atoms with Gasteiger partial charge in [-0.15, -0.1) is 0 Å². The molecule has 1 aromatic carbocycles. The minimum atomic E-state index is 0.0126. The smallest absolute Gasteiger partial charge is 0.253 e. The van der Waals surface area contributed by atoms with Crippen LogP contribution in [0.1, 0.15) is 12.0 Å². The Morgan fingerprint density at radius 1 is 1.12 bits per heavy atom. The van der Waals surface area contributed by atoms with Crippen molar-refractivity contribution in [2.75, 3.05) is 12.3 Å². The van der Waals surface area contributed by atoms with Crippen molar-refractivity contribution < 1.29 is 4.79 Å². The predicted octanol–water partition coefficient (Wildman–Crippen LogP) is 3.06. The maximum Gasteiger partial charge on any atom is 0.253 e. The number of carbonyl (C=O) groups excluding carboxylic acids is 1. The Hall–Kier alpha value is -2.60. The Balaban J connectivity index is 1.43. The summed E-state index contributed by atoms with van der Waals surface area (Å²) in [6.07, 6.45) is 4.57. The van der Waals surface area contributed by atoms with Crippen LogP contribution in [0.3, 0.4) is 0 Å². The molecule has 0 saturated heterocycles. The largest absolute Gasteiger partial charge is 0.295 e. The highest BCUT2D eigenvalue weighted by atomic mass is 32.2. The van der Waals surface area contributed by atoms with Crippen LogP contribution in [0.25, 0.3) is 5.52 Å². The van der Waals surface area contributed by atoms with Crippen molar-refractivity contribution in [3.8, 4) is 0 Å². The fraction of sp³-hybridized carbons (Fsp3) is 0.167. The zero-order chi connectivity index (χ0) is 16.4. The second-order valence-corrected chi connectivity index (χ2v) is 6.45. The van der Waals surface area contributed by atoms with Gasteiger partial charge in [0, 0.05) is 12.6 Å². The quantitative estimate of drug-likeness (QED) is 0.688. The molecule has 5 nitrogen and oxygen atoms in total. The van der Waals surface area contributed by atoms with Gasteiger partial charge in [-0.1, -0.05) is 48.2 Å². The number of benzene rings is 1. The van der Waals surface area contributed by atoms with Crippen molar-refractivity contribution in [2.45, 2.75) is 11.6 Å². The van der Waals surface area contributed by atoms with Gasteiger partial charge in [0.15, 0.2) is 5.16 Å². The number of imidazole rings is 1. The molecule has 0 bridgehead atoms. The molecule has 0 fully saturated rings. The van der Waals surface area contributed by atoms with Crippen molar-refractivity contribution >= 4 is 28.9 Å². The van der Waals surface area contributed by atoms with Gasteiger partial charge in [-0.3, -0.25) is 9.20 Å². The summed E-state index contributed by atoms with van der Waals surface area (Å²) in [7, 11) is 0. The Kier molecular flexibility index (Phi) is 4.04. The van der Waals surface area contributed by atoms with Gasteiger partial charge in [0.1, 0.15) is 0 Å². The summed E-state index contributed by atoms with van der Waals surface area (Å²) in [6, 6.07) is 15.9. The van der Waals surface area contributed by atoms with E-state index in [2.05, 4.69) is 10.1 Å². The van der Waals surface area contributed by atoms with Gasteiger partial charge in [0.05, 0.1) is 29.7 Å². The van der Waals surface area contributed by atoms with Crippen LogP contribution in [-0.4, -0.2) is 38.3 Å². The van der Waals surface area contributed by atoms with Crippen LogP contribution < -0.4 is 0 Å². The molecule has 24 heavy (non-hydrogen) atoms. The zero-order valence-electron chi connectivity index (χ0n) is 13.0. The molecule has 0 aliphatic carbocycles. The molecule has 3 aromatic rings. The zero-order valence-corrected chi connectivity index (χ0v) is 13.8. The number of nitrogens with zero attached hydrogens (tertiary/aromatic N) is 4. The number of hydrogen-bond donors (Lipinski definition) is 0. The lowest BCUT2D eigenvalue weighted by atomic mass is 10.1. The molecule has 0 unspecified atom stereocenters. The second kappa shape index (κ2) is 6.49. The third kappa shape index (κ3) is 2.92. The molecular formula is C18H16N4OS. The van der Waals surface area contributed by atoms with Crippen molar-refractivity contribution in [3.05, 3.63) is 66.5 Å². The fourth-order valence-corrected chi connectivity index (χ4v) is 3.53. The van der Waals surface area contributed by atoms with Crippen molar-refractivity contribution in [3.63, 3.8) is 0 Å². The van der Waals surface area contributed by atoms with E-state index in [9.17, 15) is 4.79 Å². The van der Waals surface area contributed by atoms with E-state index in [1.54, 1.807) is 5.01 Å². The monoisotopic (exact) mass is 336 g/mol. The SMILES string of the molecule is O=C(CSc1ncc2ccccn12)N1CCC(c2ccccc2)=N1. The average Bonchev–Trinajstić information content (AvgIpc) is 3.28. The fourth-order valence-electron chi connectivity index (χ4n) is 2.70. The maximum absolute atomic E-state index is 12.4. The van der Waals surface area contributed by atoms with E-state index in [-0.39, 0.29) is 5.91 Å². The van der Waals surface area contributed by atoms with Gasteiger partial charge in [-0.2, -0.15) is 5.10 Å². The molecule has 1 aliphatic rings. The molecule has 0 saturated carbocycles. The van der Waals surface area contributed by atoms with E-state index in [0.29, 0.717) is 12.3 Å². The number of amides is 1. The molecule has 3 heterocycles. The molecular weight excluding hydrogens is 320 g/mol. The molecule has 2 aromatic heterocycles. The summed E-state index contributed by atoms with van der Waals surface area (Å²) >= 11 is 1.44. The highest BCUT2D eigenvalue weighted by molar-refractivity contribution is 7.99. The third-order valence-corrected chi connectivity index (χ3v) is 4.88. The summed E-state index contributed by atoms with van der Waals surface area (Å²) < 4.78 is 1.99. The van der Waals surface area contributed by atoms with Crippen LogP contribution in [-0.2, 0) is 4.79 Å². The van der Waals surface area contributed by atoms with Gasteiger partial charge in [-0.05, 0) is 17.7 Å². The Bertz CT molecular complexity index is 904. The number of carbonyl (C=O) groups is 1. The summed E-state index contributed by atoms with van der Waals surface area (Å²) in [6.45, 7) is 0.645. The van der Waals surface area contributed by atoms with Gasteiger partial charge in [0.2, 0.25) is 0 Å². The second-order valence-electron chi connectivity index (χ2n) is 5.50. The lowest BCUT2D eigenvalue weighted by Crippen LogP contribution is -2.25. The van der Waals surface area contributed by atoms with Crippen LogP contribution in [0.2, 0.25) is 0 Å². The topological polar surface area (TPSA) is 50.0 Å². The number of rotatable bonds is 4. The number of hydrazone groups is 1. The van der Waals surface area contributed by atoms with E-state index in [1.165, 1.54) is 11.8 Å². The van der Waals surface area contributed by atoms with Crippen LogP contribution in [0.15, 0.2) is 71.2 Å². The van der Waals surface area contributed by atoms with E-state index >= 15 is 0 Å². The molecule has 120 valence electrons. The number of fused-ring (bicyclic) bond motifs is 1. The molecule has 0 atom stereocenters. The van der Waals surface area contributed by atoms with E-state index in [0.717, 1.165) is 28.4 Å². The van der Waals surface area contributed by atoms with Gasteiger partial charge in [-0.25, -0.2) is 9.99 Å². The first kappa shape index (κ1) is 15.0.